The van der Waals surface area contributed by atoms with Crippen molar-refractivity contribution in [1.29, 1.82) is 0 Å². The molecule has 0 spiro atoms. The number of nitrogens with one attached hydrogen (secondary N) is 2. The molecule has 2 aromatic carbocycles. The summed E-state index contributed by atoms with van der Waals surface area (Å²) < 4.78 is 7.31. The first-order valence-electron chi connectivity index (χ1n) is 7.11. The van der Waals surface area contributed by atoms with E-state index in [2.05, 4.69) is 42.5 Å². The second-order valence-electron chi connectivity index (χ2n) is 5.13. The number of anilines is 2. The van der Waals surface area contributed by atoms with Gasteiger partial charge in [-0.15, -0.1) is 0 Å². The van der Waals surface area contributed by atoms with Crippen molar-refractivity contribution in [2.45, 2.75) is 13.8 Å². The molecule has 24 heavy (non-hydrogen) atoms. The lowest BCUT2D eigenvalue weighted by atomic mass is 10.2. The Morgan fingerprint density at radius 1 is 1.04 bits per heavy atom. The minimum atomic E-state index is -0.267. The smallest absolute Gasteiger partial charge is 0.262 e. The molecule has 0 aromatic heterocycles. The third kappa shape index (κ3) is 5.35. The number of halogens is 2. The van der Waals surface area contributed by atoms with E-state index >= 15 is 0 Å². The Bertz CT molecular complexity index is 738. The highest BCUT2D eigenvalue weighted by atomic mass is 79.9. The van der Waals surface area contributed by atoms with Gasteiger partial charge in [-0.05, 0) is 64.8 Å². The predicted octanol–water partition coefficient (Wildman–Crippen LogP) is 4.50. The van der Waals surface area contributed by atoms with Crippen LogP contribution >= 0.6 is 31.9 Å². The summed E-state index contributed by atoms with van der Waals surface area (Å²) in [7, 11) is 0. The third-order valence-electron chi connectivity index (χ3n) is 3.03. The van der Waals surface area contributed by atoms with Crippen LogP contribution in [0, 0.1) is 6.92 Å². The zero-order chi connectivity index (χ0) is 17.7. The monoisotopic (exact) mass is 454 g/mol. The first-order chi connectivity index (χ1) is 11.3. The molecule has 2 rings (SSSR count). The molecular weight excluding hydrogens is 440 g/mol. The molecule has 0 radical (unpaired) electrons. The van der Waals surface area contributed by atoms with Crippen LogP contribution in [0.5, 0.6) is 5.75 Å². The van der Waals surface area contributed by atoms with Gasteiger partial charge in [0, 0.05) is 22.8 Å². The Kier molecular flexibility index (Phi) is 6.39. The molecule has 0 heterocycles. The molecule has 0 atom stereocenters. The Labute approximate surface area is 157 Å². The predicted molar refractivity (Wildman–Crippen MR) is 101 cm³/mol. The summed E-state index contributed by atoms with van der Waals surface area (Å²) in [6.45, 7) is 3.24. The average Bonchev–Trinajstić information content (AvgIpc) is 2.47. The van der Waals surface area contributed by atoms with Gasteiger partial charge in [0.1, 0.15) is 5.75 Å². The Morgan fingerprint density at radius 2 is 1.62 bits per heavy atom. The summed E-state index contributed by atoms with van der Waals surface area (Å²) in [6, 6.07) is 10.6. The molecule has 7 heteroatoms. The number of rotatable bonds is 5. The summed E-state index contributed by atoms with van der Waals surface area (Å²) >= 11 is 6.82. The van der Waals surface area contributed by atoms with Crippen molar-refractivity contribution >= 4 is 55.0 Å². The van der Waals surface area contributed by atoms with Crippen molar-refractivity contribution in [3.8, 4) is 5.75 Å². The van der Waals surface area contributed by atoms with Crippen LogP contribution in [-0.2, 0) is 9.59 Å². The summed E-state index contributed by atoms with van der Waals surface area (Å²) in [4.78, 5) is 23.0. The molecule has 126 valence electrons. The molecule has 0 saturated heterocycles. The van der Waals surface area contributed by atoms with E-state index in [9.17, 15) is 9.59 Å². The van der Waals surface area contributed by atoms with E-state index in [4.69, 9.17) is 4.74 Å². The van der Waals surface area contributed by atoms with E-state index in [0.717, 1.165) is 14.5 Å². The van der Waals surface area contributed by atoms with E-state index in [1.165, 1.54) is 6.92 Å². The standard InChI is InChI=1S/C17H16Br2N2O3/c1-10-7-12(18)8-15(19)17(10)24-9-16(23)21-14-5-3-13(4-6-14)20-11(2)22/h3-8H,9H2,1-2H3,(H,20,22)(H,21,23). The van der Waals surface area contributed by atoms with Crippen molar-refractivity contribution in [1.82, 2.24) is 0 Å². The first-order valence-corrected chi connectivity index (χ1v) is 8.69. The molecule has 0 aliphatic heterocycles. The number of ether oxygens (including phenoxy) is 1. The SMILES string of the molecule is CC(=O)Nc1ccc(NC(=O)COc2c(C)cc(Br)cc2Br)cc1. The van der Waals surface area contributed by atoms with Crippen LogP contribution in [0.4, 0.5) is 11.4 Å². The molecule has 0 unspecified atom stereocenters. The van der Waals surface area contributed by atoms with Gasteiger partial charge < -0.3 is 15.4 Å². The number of carbonyl (C=O) groups excluding carboxylic acids is 2. The van der Waals surface area contributed by atoms with Crippen molar-refractivity contribution in [2.24, 2.45) is 0 Å². The quantitative estimate of drug-likeness (QED) is 0.697. The van der Waals surface area contributed by atoms with Crippen molar-refractivity contribution in [3.63, 3.8) is 0 Å². The van der Waals surface area contributed by atoms with E-state index in [1.807, 2.05) is 19.1 Å². The number of benzene rings is 2. The highest BCUT2D eigenvalue weighted by Gasteiger charge is 2.10. The van der Waals surface area contributed by atoms with Gasteiger partial charge in [0.05, 0.1) is 4.47 Å². The van der Waals surface area contributed by atoms with Gasteiger partial charge in [-0.3, -0.25) is 9.59 Å². The lowest BCUT2D eigenvalue weighted by Gasteiger charge is -2.12. The van der Waals surface area contributed by atoms with Crippen molar-refractivity contribution < 1.29 is 14.3 Å². The van der Waals surface area contributed by atoms with Crippen LogP contribution < -0.4 is 15.4 Å². The largest absolute Gasteiger partial charge is 0.482 e. The van der Waals surface area contributed by atoms with Gasteiger partial charge in [0.2, 0.25) is 5.91 Å². The zero-order valence-corrected chi connectivity index (χ0v) is 16.3. The molecule has 2 amide bonds. The molecule has 2 aromatic rings. The van der Waals surface area contributed by atoms with E-state index in [1.54, 1.807) is 24.3 Å². The molecule has 0 aliphatic carbocycles. The molecule has 0 aliphatic rings. The van der Waals surface area contributed by atoms with Crippen LogP contribution in [-0.4, -0.2) is 18.4 Å². The molecule has 5 nitrogen and oxygen atoms in total. The highest BCUT2D eigenvalue weighted by Crippen LogP contribution is 2.32. The normalized spacial score (nSPS) is 10.2. The van der Waals surface area contributed by atoms with Gasteiger partial charge in [-0.2, -0.15) is 0 Å². The maximum absolute atomic E-state index is 12.0. The molecule has 2 N–H and O–H groups in total. The minimum absolute atomic E-state index is 0.103. The van der Waals surface area contributed by atoms with E-state index in [0.29, 0.717) is 17.1 Å². The fourth-order valence-corrected chi connectivity index (χ4v) is 3.60. The number of hydrogen-bond donors (Lipinski definition) is 2. The highest BCUT2D eigenvalue weighted by molar-refractivity contribution is 9.11. The maximum Gasteiger partial charge on any atom is 0.262 e. The number of hydrogen-bond acceptors (Lipinski definition) is 3. The zero-order valence-electron chi connectivity index (χ0n) is 13.2. The van der Waals surface area contributed by atoms with Gasteiger partial charge in [0.15, 0.2) is 6.61 Å². The second kappa shape index (κ2) is 8.30. The summed E-state index contributed by atoms with van der Waals surface area (Å²) in [5.74, 6) is 0.224. The van der Waals surface area contributed by atoms with Crippen LogP contribution in [0.3, 0.4) is 0 Å². The lowest BCUT2D eigenvalue weighted by molar-refractivity contribution is -0.118. The average molecular weight is 456 g/mol. The fraction of sp³-hybridized carbons (Fsp3) is 0.176. The van der Waals surface area contributed by atoms with Gasteiger partial charge in [0.25, 0.3) is 5.91 Å². The third-order valence-corrected chi connectivity index (χ3v) is 4.08. The number of amides is 2. The first kappa shape index (κ1) is 18.5. The molecular formula is C17H16Br2N2O3. The van der Waals surface area contributed by atoms with Crippen LogP contribution in [0.2, 0.25) is 0 Å². The number of aryl methyl sites for hydroxylation is 1. The van der Waals surface area contributed by atoms with Crippen LogP contribution in [0.1, 0.15) is 12.5 Å². The molecule has 0 bridgehead atoms. The van der Waals surface area contributed by atoms with Gasteiger partial charge in [-0.25, -0.2) is 0 Å². The topological polar surface area (TPSA) is 67.4 Å². The van der Waals surface area contributed by atoms with Crippen molar-refractivity contribution in [3.05, 3.63) is 50.9 Å². The van der Waals surface area contributed by atoms with E-state index in [-0.39, 0.29) is 18.4 Å². The Hall–Kier alpha value is -1.86. The maximum atomic E-state index is 12.0. The lowest BCUT2D eigenvalue weighted by Crippen LogP contribution is -2.20. The van der Waals surface area contributed by atoms with Crippen LogP contribution in [0.25, 0.3) is 0 Å². The minimum Gasteiger partial charge on any atom is -0.482 e. The van der Waals surface area contributed by atoms with Gasteiger partial charge >= 0.3 is 0 Å². The Balaban J connectivity index is 1.93. The van der Waals surface area contributed by atoms with Crippen LogP contribution in [0.15, 0.2) is 45.3 Å². The summed E-state index contributed by atoms with van der Waals surface area (Å²) in [5.41, 5.74) is 2.22. The Morgan fingerprint density at radius 3 is 2.17 bits per heavy atom. The molecule has 0 fully saturated rings. The summed E-state index contributed by atoms with van der Waals surface area (Å²) in [6.07, 6.45) is 0. The fourth-order valence-electron chi connectivity index (χ4n) is 2.05. The molecule has 0 saturated carbocycles. The summed E-state index contributed by atoms with van der Waals surface area (Å²) in [5, 5.41) is 5.41. The van der Waals surface area contributed by atoms with Crippen molar-refractivity contribution in [2.75, 3.05) is 17.2 Å². The number of carbonyl (C=O) groups is 2. The van der Waals surface area contributed by atoms with Gasteiger partial charge in [-0.1, -0.05) is 15.9 Å². The van der Waals surface area contributed by atoms with E-state index < -0.39 is 0 Å². The second-order valence-corrected chi connectivity index (χ2v) is 6.90.